The van der Waals surface area contributed by atoms with E-state index in [0.29, 0.717) is 0 Å². The Morgan fingerprint density at radius 2 is 2.28 bits per heavy atom. The molecule has 1 aromatic heterocycles. The molecular formula is C14H14N2O2. The maximum atomic E-state index is 11.6. The number of carbonyl (C=O) groups excluding carboxylic acids is 1. The number of fused-ring (bicyclic) bond motifs is 2. The Bertz CT molecular complexity index is 637. The van der Waals surface area contributed by atoms with Crippen LogP contribution in [0, 0.1) is 0 Å². The zero-order valence-corrected chi connectivity index (χ0v) is 10.4. The number of carbonyl (C=O) groups is 1. The second-order valence-electron chi connectivity index (χ2n) is 4.42. The Hall–Kier alpha value is -2.10. The first kappa shape index (κ1) is 11.0. The summed E-state index contributed by atoms with van der Waals surface area (Å²) >= 11 is 0. The fraction of sp³-hybridized carbons (Fsp3) is 0.286. The lowest BCUT2D eigenvalue weighted by Crippen LogP contribution is -2.26. The van der Waals surface area contributed by atoms with Crippen LogP contribution in [0.2, 0.25) is 0 Å². The average Bonchev–Trinajstić information content (AvgIpc) is 2.78. The molecule has 0 spiro atoms. The van der Waals surface area contributed by atoms with Crippen LogP contribution in [0.25, 0.3) is 10.9 Å². The number of amides is 1. The largest absolute Gasteiger partial charge is 0.494 e. The summed E-state index contributed by atoms with van der Waals surface area (Å²) in [5.74, 6) is 1.56. The Morgan fingerprint density at radius 3 is 3.00 bits per heavy atom. The molecule has 0 unspecified atom stereocenters. The summed E-state index contributed by atoms with van der Waals surface area (Å²) in [7, 11) is 1.63. The summed E-state index contributed by atoms with van der Waals surface area (Å²) in [6, 6.07) is 7.95. The molecule has 92 valence electrons. The fourth-order valence-electron chi connectivity index (χ4n) is 2.43. The Morgan fingerprint density at radius 1 is 1.44 bits per heavy atom. The third-order valence-corrected chi connectivity index (χ3v) is 3.33. The van der Waals surface area contributed by atoms with Gasteiger partial charge in [-0.15, -0.1) is 0 Å². The van der Waals surface area contributed by atoms with Gasteiger partial charge in [-0.2, -0.15) is 0 Å². The monoisotopic (exact) mass is 242 g/mol. The molecule has 1 aromatic carbocycles. The van der Waals surface area contributed by atoms with Gasteiger partial charge in [0.1, 0.15) is 17.1 Å². The van der Waals surface area contributed by atoms with Crippen molar-refractivity contribution in [2.45, 2.75) is 13.3 Å². The number of pyridine rings is 1. The van der Waals surface area contributed by atoms with Crippen LogP contribution in [0.5, 0.6) is 5.75 Å². The molecule has 0 saturated carbocycles. The molecule has 3 rings (SSSR count). The third kappa shape index (κ3) is 1.53. The quantitative estimate of drug-likeness (QED) is 0.769. The van der Waals surface area contributed by atoms with Crippen LogP contribution in [0.3, 0.4) is 0 Å². The number of benzene rings is 1. The first-order chi connectivity index (χ1) is 8.70. The van der Waals surface area contributed by atoms with E-state index in [1.165, 1.54) is 0 Å². The number of hydrogen-bond donors (Lipinski definition) is 0. The van der Waals surface area contributed by atoms with E-state index in [9.17, 15) is 4.79 Å². The highest BCUT2D eigenvalue weighted by molar-refractivity contribution is 5.95. The van der Waals surface area contributed by atoms with Crippen LogP contribution >= 0.6 is 0 Å². The lowest BCUT2D eigenvalue weighted by atomic mass is 10.1. The molecule has 1 aliphatic heterocycles. The van der Waals surface area contributed by atoms with Crippen LogP contribution in [0.4, 0.5) is 5.82 Å². The zero-order valence-electron chi connectivity index (χ0n) is 10.4. The summed E-state index contributed by atoms with van der Waals surface area (Å²) in [6.45, 7) is 2.29. The minimum Gasteiger partial charge on any atom is -0.494 e. The van der Waals surface area contributed by atoms with Crippen LogP contribution in [0.1, 0.15) is 12.5 Å². The smallest absolute Gasteiger partial charge is 0.225 e. The molecule has 1 amide bonds. The molecule has 0 fully saturated rings. The minimum atomic E-state index is 0.0375. The van der Waals surface area contributed by atoms with E-state index < -0.39 is 0 Å². The van der Waals surface area contributed by atoms with Crippen LogP contribution in [-0.2, 0) is 11.2 Å². The first-order valence-corrected chi connectivity index (χ1v) is 5.95. The molecule has 0 N–H and O–H groups in total. The predicted molar refractivity (Wildman–Crippen MR) is 70.0 cm³/mol. The second-order valence-corrected chi connectivity index (χ2v) is 4.42. The van der Waals surface area contributed by atoms with Gasteiger partial charge >= 0.3 is 0 Å². The fourth-order valence-corrected chi connectivity index (χ4v) is 2.43. The summed E-state index contributed by atoms with van der Waals surface area (Å²) in [6.07, 6.45) is 0.870. The number of aromatic nitrogens is 1. The SMILES string of the molecule is COc1cccc2cc3c(nc12)N(C(C)=O)CC3. The van der Waals surface area contributed by atoms with E-state index in [-0.39, 0.29) is 5.91 Å². The highest BCUT2D eigenvalue weighted by atomic mass is 16.5. The van der Waals surface area contributed by atoms with E-state index in [4.69, 9.17) is 4.74 Å². The van der Waals surface area contributed by atoms with Gasteiger partial charge in [0.05, 0.1) is 7.11 Å². The highest BCUT2D eigenvalue weighted by Gasteiger charge is 2.24. The summed E-state index contributed by atoms with van der Waals surface area (Å²) < 4.78 is 5.32. The zero-order chi connectivity index (χ0) is 12.7. The molecule has 2 heterocycles. The first-order valence-electron chi connectivity index (χ1n) is 5.95. The third-order valence-electron chi connectivity index (χ3n) is 3.33. The molecule has 1 aliphatic rings. The molecule has 0 atom stereocenters. The summed E-state index contributed by atoms with van der Waals surface area (Å²) in [5, 5.41) is 1.05. The van der Waals surface area contributed by atoms with Gasteiger partial charge in [0, 0.05) is 18.9 Å². The van der Waals surface area contributed by atoms with Gasteiger partial charge in [0.2, 0.25) is 5.91 Å². The predicted octanol–water partition coefficient (Wildman–Crippen LogP) is 2.15. The Kier molecular flexibility index (Phi) is 2.44. The molecule has 0 saturated heterocycles. The van der Waals surface area contributed by atoms with Crippen molar-refractivity contribution in [1.82, 2.24) is 4.98 Å². The van der Waals surface area contributed by atoms with Crippen molar-refractivity contribution in [2.24, 2.45) is 0 Å². The molecular weight excluding hydrogens is 228 g/mol. The number of nitrogens with zero attached hydrogens (tertiary/aromatic N) is 2. The molecule has 4 nitrogen and oxygen atoms in total. The molecule has 4 heteroatoms. The van der Waals surface area contributed by atoms with Crippen molar-refractivity contribution in [1.29, 1.82) is 0 Å². The van der Waals surface area contributed by atoms with Crippen molar-refractivity contribution in [3.8, 4) is 5.75 Å². The second kappa shape index (κ2) is 3.98. The van der Waals surface area contributed by atoms with Gasteiger partial charge in [-0.1, -0.05) is 12.1 Å². The van der Waals surface area contributed by atoms with Crippen molar-refractivity contribution in [3.63, 3.8) is 0 Å². The summed E-state index contributed by atoms with van der Waals surface area (Å²) in [5.41, 5.74) is 1.94. The van der Waals surface area contributed by atoms with Gasteiger partial charge in [0.15, 0.2) is 0 Å². The van der Waals surface area contributed by atoms with Crippen LogP contribution < -0.4 is 9.64 Å². The topological polar surface area (TPSA) is 42.4 Å². The van der Waals surface area contributed by atoms with Crippen molar-refractivity contribution in [3.05, 3.63) is 29.8 Å². The normalized spacial score (nSPS) is 13.8. The van der Waals surface area contributed by atoms with E-state index >= 15 is 0 Å². The van der Waals surface area contributed by atoms with Gasteiger partial charge in [0.25, 0.3) is 0 Å². The Labute approximate surface area is 105 Å². The van der Waals surface area contributed by atoms with E-state index in [1.807, 2.05) is 18.2 Å². The maximum absolute atomic E-state index is 11.6. The molecule has 18 heavy (non-hydrogen) atoms. The molecule has 2 aromatic rings. The maximum Gasteiger partial charge on any atom is 0.225 e. The van der Waals surface area contributed by atoms with Crippen molar-refractivity contribution >= 4 is 22.6 Å². The molecule has 0 bridgehead atoms. The van der Waals surface area contributed by atoms with Gasteiger partial charge in [-0.3, -0.25) is 9.69 Å². The van der Waals surface area contributed by atoms with Crippen molar-refractivity contribution < 1.29 is 9.53 Å². The highest BCUT2D eigenvalue weighted by Crippen LogP contribution is 2.32. The van der Waals surface area contributed by atoms with Crippen molar-refractivity contribution in [2.75, 3.05) is 18.6 Å². The average molecular weight is 242 g/mol. The number of para-hydroxylation sites is 1. The summed E-state index contributed by atoms with van der Waals surface area (Å²) in [4.78, 5) is 17.9. The van der Waals surface area contributed by atoms with Gasteiger partial charge < -0.3 is 4.74 Å². The number of hydrogen-bond acceptors (Lipinski definition) is 3. The molecule has 0 radical (unpaired) electrons. The number of anilines is 1. The standard InChI is InChI=1S/C14H14N2O2/c1-9(17)16-7-6-11-8-10-4-3-5-12(18-2)13(10)15-14(11)16/h3-5,8H,6-7H2,1-2H3. The number of ether oxygens (including phenoxy) is 1. The number of methoxy groups -OCH3 is 1. The van der Waals surface area contributed by atoms with Crippen LogP contribution in [-0.4, -0.2) is 24.5 Å². The lowest BCUT2D eigenvalue weighted by molar-refractivity contribution is -0.116. The Balaban J connectivity index is 2.25. The molecule has 0 aliphatic carbocycles. The number of rotatable bonds is 1. The van der Waals surface area contributed by atoms with Gasteiger partial charge in [-0.05, 0) is 24.1 Å². The minimum absolute atomic E-state index is 0.0375. The van der Waals surface area contributed by atoms with Gasteiger partial charge in [-0.25, -0.2) is 4.98 Å². The lowest BCUT2D eigenvalue weighted by Gasteiger charge is -2.14. The van der Waals surface area contributed by atoms with E-state index in [2.05, 4.69) is 11.1 Å². The van der Waals surface area contributed by atoms with E-state index in [1.54, 1.807) is 18.9 Å². The van der Waals surface area contributed by atoms with E-state index in [0.717, 1.165) is 41.0 Å². The van der Waals surface area contributed by atoms with Crippen LogP contribution in [0.15, 0.2) is 24.3 Å².